The maximum atomic E-state index is 5.84. The normalized spacial score (nSPS) is 20.2. The van der Waals surface area contributed by atoms with Crippen LogP contribution in [0.4, 0.5) is 0 Å². The van der Waals surface area contributed by atoms with Gasteiger partial charge in [-0.15, -0.1) is 0 Å². The minimum absolute atomic E-state index is 0.0280. The summed E-state index contributed by atoms with van der Waals surface area (Å²) in [5, 5.41) is 3.71. The van der Waals surface area contributed by atoms with Gasteiger partial charge in [-0.2, -0.15) is 0 Å². The lowest BCUT2D eigenvalue weighted by Gasteiger charge is -2.35. The third-order valence-electron chi connectivity index (χ3n) is 5.56. The summed E-state index contributed by atoms with van der Waals surface area (Å²) in [7, 11) is 1.71. The summed E-state index contributed by atoms with van der Waals surface area (Å²) >= 11 is 0. The first kappa shape index (κ1) is 19.9. The van der Waals surface area contributed by atoms with Crippen molar-refractivity contribution in [1.82, 2.24) is 5.32 Å². The van der Waals surface area contributed by atoms with E-state index in [9.17, 15) is 0 Å². The number of rotatable bonds is 8. The van der Waals surface area contributed by atoms with Gasteiger partial charge in [-0.1, -0.05) is 42.5 Å². The molecule has 0 unspecified atom stereocenters. The maximum absolute atomic E-state index is 5.84. The smallest absolute Gasteiger partial charge is 0.118 e. The quantitative estimate of drug-likeness (QED) is 0.665. The molecule has 1 aliphatic heterocycles. The van der Waals surface area contributed by atoms with Crippen LogP contribution < -0.4 is 10.1 Å². The second-order valence-corrected chi connectivity index (χ2v) is 8.20. The van der Waals surface area contributed by atoms with Crippen molar-refractivity contribution in [3.05, 3.63) is 65.7 Å². The Labute approximate surface area is 164 Å². The van der Waals surface area contributed by atoms with Gasteiger partial charge in [0, 0.05) is 12.5 Å². The minimum atomic E-state index is 0.0280. The second-order valence-electron chi connectivity index (χ2n) is 8.20. The van der Waals surface area contributed by atoms with Crippen LogP contribution in [0.5, 0.6) is 5.75 Å². The van der Waals surface area contributed by atoms with Crippen LogP contribution in [0, 0.1) is 5.92 Å². The molecule has 1 N–H and O–H groups in total. The van der Waals surface area contributed by atoms with Crippen LogP contribution in [-0.4, -0.2) is 32.4 Å². The zero-order valence-electron chi connectivity index (χ0n) is 16.9. The number of methoxy groups -OCH3 is 1. The van der Waals surface area contributed by atoms with Crippen LogP contribution >= 0.6 is 0 Å². The first-order valence-corrected chi connectivity index (χ1v) is 10.1. The highest BCUT2D eigenvalue weighted by Crippen LogP contribution is 2.30. The van der Waals surface area contributed by atoms with Gasteiger partial charge in [-0.05, 0) is 75.4 Å². The zero-order chi connectivity index (χ0) is 19.1. The first-order chi connectivity index (χ1) is 13.1. The zero-order valence-corrected chi connectivity index (χ0v) is 16.9. The van der Waals surface area contributed by atoms with Gasteiger partial charge in [0.25, 0.3) is 0 Å². The van der Waals surface area contributed by atoms with E-state index in [2.05, 4.69) is 73.8 Å². The molecule has 0 spiro atoms. The average Bonchev–Trinajstić information content (AvgIpc) is 2.68. The van der Waals surface area contributed by atoms with Gasteiger partial charge >= 0.3 is 0 Å². The Morgan fingerprint density at radius 2 is 1.78 bits per heavy atom. The van der Waals surface area contributed by atoms with E-state index in [4.69, 9.17) is 9.47 Å². The third kappa shape index (κ3) is 5.82. The fourth-order valence-electron chi connectivity index (χ4n) is 4.13. The molecule has 0 aliphatic carbocycles. The average molecular weight is 368 g/mol. The molecule has 1 heterocycles. The van der Waals surface area contributed by atoms with Crippen molar-refractivity contribution in [2.75, 3.05) is 26.8 Å². The molecule has 0 bridgehead atoms. The molecule has 3 rings (SSSR count). The number of nitrogens with one attached hydrogen (secondary N) is 1. The number of benzene rings is 2. The molecule has 146 valence electrons. The summed E-state index contributed by atoms with van der Waals surface area (Å²) in [4.78, 5) is 0. The van der Waals surface area contributed by atoms with Crippen molar-refractivity contribution in [2.24, 2.45) is 5.92 Å². The molecule has 2 aromatic rings. The largest absolute Gasteiger partial charge is 0.497 e. The van der Waals surface area contributed by atoms with Crippen molar-refractivity contribution in [3.8, 4) is 5.75 Å². The maximum Gasteiger partial charge on any atom is 0.118 e. The highest BCUT2D eigenvalue weighted by molar-refractivity contribution is 5.36. The van der Waals surface area contributed by atoms with E-state index in [1.807, 2.05) is 0 Å². The fourth-order valence-corrected chi connectivity index (χ4v) is 4.13. The van der Waals surface area contributed by atoms with Gasteiger partial charge in [-0.25, -0.2) is 0 Å². The highest BCUT2D eigenvalue weighted by atomic mass is 16.5. The molecule has 1 fully saturated rings. The van der Waals surface area contributed by atoms with Crippen molar-refractivity contribution in [2.45, 2.75) is 44.6 Å². The van der Waals surface area contributed by atoms with E-state index in [1.54, 1.807) is 7.11 Å². The van der Waals surface area contributed by atoms with E-state index in [-0.39, 0.29) is 5.60 Å². The number of ether oxygens (including phenoxy) is 2. The molecule has 0 aromatic heterocycles. The van der Waals surface area contributed by atoms with Gasteiger partial charge in [0.05, 0.1) is 12.7 Å². The van der Waals surface area contributed by atoms with Crippen LogP contribution in [0.15, 0.2) is 54.6 Å². The SMILES string of the molecule is COc1ccc([C@@H](CCNC[C@H]2CCOC(C)(C)C2)c2ccccc2)cc1. The van der Waals surface area contributed by atoms with Crippen LogP contribution in [0.2, 0.25) is 0 Å². The second kappa shape index (κ2) is 9.38. The summed E-state index contributed by atoms with van der Waals surface area (Å²) in [6, 6.07) is 19.3. The summed E-state index contributed by atoms with van der Waals surface area (Å²) in [5.41, 5.74) is 2.74. The Morgan fingerprint density at radius 1 is 1.07 bits per heavy atom. The molecule has 27 heavy (non-hydrogen) atoms. The molecular weight excluding hydrogens is 334 g/mol. The lowest BCUT2D eigenvalue weighted by atomic mass is 9.87. The van der Waals surface area contributed by atoms with Crippen molar-refractivity contribution in [1.29, 1.82) is 0 Å². The molecule has 3 heteroatoms. The lowest BCUT2D eigenvalue weighted by Crippen LogP contribution is -2.38. The highest BCUT2D eigenvalue weighted by Gasteiger charge is 2.28. The molecule has 1 aliphatic rings. The van der Waals surface area contributed by atoms with Gasteiger partial charge < -0.3 is 14.8 Å². The molecule has 0 radical (unpaired) electrons. The predicted octanol–water partition coefficient (Wildman–Crippen LogP) is 5.01. The van der Waals surface area contributed by atoms with Crippen LogP contribution in [0.3, 0.4) is 0 Å². The summed E-state index contributed by atoms with van der Waals surface area (Å²) in [5.74, 6) is 2.02. The summed E-state index contributed by atoms with van der Waals surface area (Å²) in [6.45, 7) is 7.39. The Balaban J connectivity index is 1.58. The van der Waals surface area contributed by atoms with Gasteiger partial charge in [0.1, 0.15) is 5.75 Å². The Hall–Kier alpha value is -1.84. The van der Waals surface area contributed by atoms with Crippen LogP contribution in [0.25, 0.3) is 0 Å². The van der Waals surface area contributed by atoms with E-state index in [0.29, 0.717) is 11.8 Å². The van der Waals surface area contributed by atoms with Gasteiger partial charge in [0.2, 0.25) is 0 Å². The molecule has 2 aromatic carbocycles. The van der Waals surface area contributed by atoms with Crippen LogP contribution in [0.1, 0.15) is 50.2 Å². The number of hydrogen-bond donors (Lipinski definition) is 1. The Morgan fingerprint density at radius 3 is 2.44 bits per heavy atom. The molecule has 2 atom stereocenters. The van der Waals surface area contributed by atoms with Gasteiger partial charge in [-0.3, -0.25) is 0 Å². The molecule has 0 amide bonds. The molecule has 1 saturated heterocycles. The van der Waals surface area contributed by atoms with E-state index < -0.39 is 0 Å². The van der Waals surface area contributed by atoms with Gasteiger partial charge in [0.15, 0.2) is 0 Å². The minimum Gasteiger partial charge on any atom is -0.497 e. The monoisotopic (exact) mass is 367 g/mol. The number of hydrogen-bond acceptors (Lipinski definition) is 3. The van der Waals surface area contributed by atoms with Crippen molar-refractivity contribution >= 4 is 0 Å². The summed E-state index contributed by atoms with van der Waals surface area (Å²) in [6.07, 6.45) is 3.39. The van der Waals surface area contributed by atoms with E-state index in [1.165, 1.54) is 11.1 Å². The van der Waals surface area contributed by atoms with Crippen LogP contribution in [-0.2, 0) is 4.74 Å². The molecule has 3 nitrogen and oxygen atoms in total. The molecular formula is C24H33NO2. The Bertz CT molecular complexity index is 681. The third-order valence-corrected chi connectivity index (χ3v) is 5.56. The standard InChI is InChI=1S/C24H33NO2/c1-24(2)17-19(14-16-27-24)18-25-15-13-23(20-7-5-4-6-8-20)21-9-11-22(26-3)12-10-21/h4-12,19,23,25H,13-18H2,1-3H3/t19-,23-/m0/s1. The first-order valence-electron chi connectivity index (χ1n) is 10.1. The Kier molecular flexibility index (Phi) is 6.92. The molecule has 0 saturated carbocycles. The van der Waals surface area contributed by atoms with Crippen molar-refractivity contribution in [3.63, 3.8) is 0 Å². The van der Waals surface area contributed by atoms with E-state index >= 15 is 0 Å². The predicted molar refractivity (Wildman–Crippen MR) is 112 cm³/mol. The lowest BCUT2D eigenvalue weighted by molar-refractivity contribution is -0.0717. The van der Waals surface area contributed by atoms with Crippen molar-refractivity contribution < 1.29 is 9.47 Å². The summed E-state index contributed by atoms with van der Waals surface area (Å²) < 4.78 is 11.2. The topological polar surface area (TPSA) is 30.5 Å². The fraction of sp³-hybridized carbons (Fsp3) is 0.500. The van der Waals surface area contributed by atoms with E-state index in [0.717, 1.165) is 44.7 Å².